The fourth-order valence-electron chi connectivity index (χ4n) is 2.38. The molecule has 5 heteroatoms. The van der Waals surface area contributed by atoms with E-state index in [1.165, 1.54) is 12.1 Å². The Balaban J connectivity index is 2.09. The number of aromatic carboxylic acids is 1. The topological polar surface area (TPSA) is 83.8 Å². The van der Waals surface area contributed by atoms with Crippen LogP contribution in [0.4, 0.5) is 0 Å². The monoisotopic (exact) mass is 334 g/mol. The second-order valence-electron chi connectivity index (χ2n) is 5.25. The van der Waals surface area contributed by atoms with Crippen LogP contribution in [-0.4, -0.2) is 22.0 Å². The highest BCUT2D eigenvalue weighted by atomic mass is 16.5. The second kappa shape index (κ2) is 6.88. The van der Waals surface area contributed by atoms with Gasteiger partial charge in [0.25, 0.3) is 0 Å². The molecule has 0 unspecified atom stereocenters. The van der Waals surface area contributed by atoms with E-state index < -0.39 is 17.5 Å². The number of carboxylic acids is 1. The Bertz CT molecular complexity index is 918. The number of ether oxygens (including phenoxy) is 1. The quantitative estimate of drug-likeness (QED) is 0.686. The maximum atomic E-state index is 12.6. The van der Waals surface area contributed by atoms with E-state index in [0.29, 0.717) is 11.3 Å². The molecule has 0 saturated heterocycles. The summed E-state index contributed by atoms with van der Waals surface area (Å²) in [5.74, 6) is -2.10. The summed E-state index contributed by atoms with van der Waals surface area (Å²) in [6.45, 7) is 0. The van der Waals surface area contributed by atoms with Gasteiger partial charge in [-0.15, -0.1) is 0 Å². The molecule has 0 radical (unpaired) electrons. The number of phenolic OH excluding ortho intramolecular Hbond substituents is 1. The highest BCUT2D eigenvalue weighted by molar-refractivity contribution is 6.12. The van der Waals surface area contributed by atoms with E-state index in [9.17, 15) is 19.8 Å². The van der Waals surface area contributed by atoms with Crippen molar-refractivity contribution in [2.45, 2.75) is 0 Å². The van der Waals surface area contributed by atoms with Gasteiger partial charge in [0, 0.05) is 5.56 Å². The lowest BCUT2D eigenvalue weighted by atomic mass is 10.00. The van der Waals surface area contributed by atoms with Crippen LogP contribution in [0.5, 0.6) is 17.2 Å². The van der Waals surface area contributed by atoms with Crippen molar-refractivity contribution in [1.82, 2.24) is 0 Å². The molecule has 0 aliphatic carbocycles. The third kappa shape index (κ3) is 3.35. The van der Waals surface area contributed by atoms with Crippen molar-refractivity contribution in [2.75, 3.05) is 0 Å². The van der Waals surface area contributed by atoms with Gasteiger partial charge in [-0.05, 0) is 24.3 Å². The van der Waals surface area contributed by atoms with Crippen LogP contribution in [0.15, 0.2) is 72.8 Å². The van der Waals surface area contributed by atoms with E-state index in [2.05, 4.69) is 0 Å². The maximum absolute atomic E-state index is 12.6. The summed E-state index contributed by atoms with van der Waals surface area (Å²) in [6, 6.07) is 19.4. The Morgan fingerprint density at radius 3 is 1.92 bits per heavy atom. The van der Waals surface area contributed by atoms with Crippen molar-refractivity contribution in [3.8, 4) is 17.2 Å². The first-order valence-corrected chi connectivity index (χ1v) is 7.50. The van der Waals surface area contributed by atoms with Gasteiger partial charge >= 0.3 is 5.97 Å². The normalized spacial score (nSPS) is 10.2. The Morgan fingerprint density at radius 2 is 1.32 bits per heavy atom. The molecular weight excluding hydrogens is 320 g/mol. The molecule has 0 aliphatic rings. The average Bonchev–Trinajstić information content (AvgIpc) is 2.64. The Kier molecular flexibility index (Phi) is 4.48. The van der Waals surface area contributed by atoms with Gasteiger partial charge in [0.15, 0.2) is 17.3 Å². The molecule has 5 nitrogen and oxygen atoms in total. The van der Waals surface area contributed by atoms with Crippen LogP contribution in [0.25, 0.3) is 0 Å². The van der Waals surface area contributed by atoms with Gasteiger partial charge in [0.2, 0.25) is 0 Å². The largest absolute Gasteiger partial charge is 0.504 e. The van der Waals surface area contributed by atoms with Crippen molar-refractivity contribution in [3.63, 3.8) is 0 Å². The number of carbonyl (C=O) groups excluding carboxylic acids is 1. The molecule has 0 heterocycles. The number of phenols is 1. The zero-order valence-electron chi connectivity index (χ0n) is 13.0. The van der Waals surface area contributed by atoms with Crippen molar-refractivity contribution >= 4 is 11.8 Å². The zero-order chi connectivity index (χ0) is 17.8. The fraction of sp³-hybridized carbons (Fsp3) is 0. The molecule has 3 aromatic rings. The van der Waals surface area contributed by atoms with Gasteiger partial charge in [-0.25, -0.2) is 4.79 Å². The molecule has 0 bridgehead atoms. The van der Waals surface area contributed by atoms with Crippen LogP contribution < -0.4 is 4.74 Å². The van der Waals surface area contributed by atoms with E-state index in [4.69, 9.17) is 4.74 Å². The molecule has 0 spiro atoms. The number of hydrogen-bond acceptors (Lipinski definition) is 4. The van der Waals surface area contributed by atoms with E-state index in [1.54, 1.807) is 60.7 Å². The molecule has 0 atom stereocenters. The van der Waals surface area contributed by atoms with Gasteiger partial charge in [-0.2, -0.15) is 0 Å². The van der Waals surface area contributed by atoms with Crippen molar-refractivity contribution in [2.24, 2.45) is 0 Å². The lowest BCUT2D eigenvalue weighted by Crippen LogP contribution is -2.06. The smallest absolute Gasteiger partial charge is 0.339 e. The third-order valence-corrected chi connectivity index (χ3v) is 3.61. The number of benzene rings is 3. The highest BCUT2D eigenvalue weighted by Gasteiger charge is 2.23. The van der Waals surface area contributed by atoms with E-state index in [-0.39, 0.29) is 16.9 Å². The maximum Gasteiger partial charge on any atom is 0.339 e. The molecule has 0 amide bonds. The first kappa shape index (κ1) is 16.3. The summed E-state index contributed by atoms with van der Waals surface area (Å²) in [7, 11) is 0. The van der Waals surface area contributed by atoms with E-state index in [0.717, 1.165) is 0 Å². The first-order valence-electron chi connectivity index (χ1n) is 7.50. The van der Waals surface area contributed by atoms with E-state index in [1.807, 2.05) is 0 Å². The second-order valence-corrected chi connectivity index (χ2v) is 5.25. The van der Waals surface area contributed by atoms with Crippen molar-refractivity contribution < 1.29 is 24.5 Å². The van der Waals surface area contributed by atoms with Crippen LogP contribution >= 0.6 is 0 Å². The third-order valence-electron chi connectivity index (χ3n) is 3.61. The Morgan fingerprint density at radius 1 is 0.760 bits per heavy atom. The molecule has 0 saturated carbocycles. The predicted octanol–water partition coefficient (Wildman–Crippen LogP) is 4.11. The van der Waals surface area contributed by atoms with Gasteiger partial charge < -0.3 is 14.9 Å². The Labute approximate surface area is 143 Å². The molecule has 124 valence electrons. The van der Waals surface area contributed by atoms with Gasteiger partial charge in [0.05, 0.1) is 5.56 Å². The summed E-state index contributed by atoms with van der Waals surface area (Å²) >= 11 is 0. The summed E-state index contributed by atoms with van der Waals surface area (Å²) in [4.78, 5) is 24.0. The van der Waals surface area contributed by atoms with Crippen LogP contribution in [0, 0.1) is 0 Å². The minimum absolute atomic E-state index is 0.0258. The Hall–Kier alpha value is -3.60. The van der Waals surface area contributed by atoms with Crippen LogP contribution in [0.1, 0.15) is 26.3 Å². The minimum Gasteiger partial charge on any atom is -0.504 e. The van der Waals surface area contributed by atoms with Gasteiger partial charge in [-0.1, -0.05) is 48.5 Å². The summed E-state index contributed by atoms with van der Waals surface area (Å²) in [5.41, 5.74) is 0.125. The summed E-state index contributed by atoms with van der Waals surface area (Å²) in [6.07, 6.45) is 0. The lowest BCUT2D eigenvalue weighted by molar-refractivity contribution is 0.0692. The first-order chi connectivity index (χ1) is 12.1. The number of ketones is 1. The summed E-state index contributed by atoms with van der Waals surface area (Å²) in [5, 5.41) is 19.8. The lowest BCUT2D eigenvalue weighted by Gasteiger charge is -2.13. The SMILES string of the molecule is O=C(c1ccccc1)c1ccc(C(=O)O)c(Oc2ccccc2)c1O. The molecular formula is C20H14O5. The average molecular weight is 334 g/mol. The number of aromatic hydroxyl groups is 1. The van der Waals surface area contributed by atoms with E-state index >= 15 is 0 Å². The zero-order valence-corrected chi connectivity index (χ0v) is 13.0. The van der Waals surface area contributed by atoms with Crippen molar-refractivity contribution in [3.05, 3.63) is 89.5 Å². The fourth-order valence-corrected chi connectivity index (χ4v) is 2.38. The van der Waals surface area contributed by atoms with Crippen LogP contribution in [-0.2, 0) is 0 Å². The van der Waals surface area contributed by atoms with Gasteiger partial charge in [0.1, 0.15) is 11.3 Å². The number of carboxylic acid groups (broad SMARTS) is 1. The summed E-state index contributed by atoms with van der Waals surface area (Å²) < 4.78 is 5.55. The minimum atomic E-state index is -1.26. The molecule has 0 aromatic heterocycles. The number of para-hydroxylation sites is 1. The van der Waals surface area contributed by atoms with Gasteiger partial charge in [-0.3, -0.25) is 4.79 Å². The van der Waals surface area contributed by atoms with Crippen molar-refractivity contribution in [1.29, 1.82) is 0 Å². The molecule has 0 aliphatic heterocycles. The predicted molar refractivity (Wildman–Crippen MR) is 91.5 cm³/mol. The molecule has 2 N–H and O–H groups in total. The van der Waals surface area contributed by atoms with Crippen LogP contribution in [0.2, 0.25) is 0 Å². The van der Waals surface area contributed by atoms with Crippen LogP contribution in [0.3, 0.4) is 0 Å². The molecule has 3 rings (SSSR count). The highest BCUT2D eigenvalue weighted by Crippen LogP contribution is 2.38. The molecule has 25 heavy (non-hydrogen) atoms. The number of hydrogen-bond donors (Lipinski definition) is 2. The number of carbonyl (C=O) groups is 2. The molecule has 0 fully saturated rings. The molecule has 3 aromatic carbocycles. The number of rotatable bonds is 5. The standard InChI is InChI=1S/C20H14O5/c21-17(13-7-3-1-4-8-13)15-11-12-16(20(23)24)19(18(15)22)25-14-9-5-2-6-10-14/h1-12,22H,(H,23,24).